The molecular weight excluding hydrogens is 236 g/mol. The third-order valence-corrected chi connectivity index (χ3v) is 4.90. The molecule has 1 amide bonds. The topological polar surface area (TPSA) is 32.3 Å². The molecule has 0 radical (unpaired) electrons. The zero-order chi connectivity index (χ0) is 13.4. The SMILES string of the molecule is CC(C)CN(C(=O)CC1CC2CCC(C1)N2)C1CC1. The average molecular weight is 264 g/mol. The summed E-state index contributed by atoms with van der Waals surface area (Å²) in [6, 6.07) is 1.99. The molecule has 2 aliphatic heterocycles. The van der Waals surface area contributed by atoms with Crippen LogP contribution >= 0.6 is 0 Å². The van der Waals surface area contributed by atoms with Gasteiger partial charge in [0, 0.05) is 31.1 Å². The standard InChI is InChI=1S/C16H28N2O/c1-11(2)10-18(15-5-6-15)16(19)9-12-7-13-3-4-14(8-12)17-13/h11-15,17H,3-10H2,1-2H3. The van der Waals surface area contributed by atoms with Gasteiger partial charge in [-0.25, -0.2) is 0 Å². The van der Waals surface area contributed by atoms with Crippen LogP contribution in [0, 0.1) is 11.8 Å². The van der Waals surface area contributed by atoms with Gasteiger partial charge in [0.05, 0.1) is 0 Å². The molecule has 19 heavy (non-hydrogen) atoms. The van der Waals surface area contributed by atoms with E-state index in [1.807, 2.05) is 0 Å². The highest BCUT2D eigenvalue weighted by Crippen LogP contribution is 2.34. The van der Waals surface area contributed by atoms with Gasteiger partial charge in [0.15, 0.2) is 0 Å². The number of nitrogens with one attached hydrogen (secondary N) is 1. The lowest BCUT2D eigenvalue weighted by Gasteiger charge is -2.31. The maximum Gasteiger partial charge on any atom is 0.223 e. The van der Waals surface area contributed by atoms with Gasteiger partial charge in [-0.2, -0.15) is 0 Å². The molecule has 0 spiro atoms. The van der Waals surface area contributed by atoms with Crippen molar-refractivity contribution in [1.82, 2.24) is 10.2 Å². The molecule has 2 unspecified atom stereocenters. The first-order chi connectivity index (χ1) is 9.11. The molecule has 1 saturated carbocycles. The van der Waals surface area contributed by atoms with Gasteiger partial charge in [-0.05, 0) is 50.4 Å². The molecular formula is C16H28N2O. The van der Waals surface area contributed by atoms with Gasteiger partial charge in [0.2, 0.25) is 5.91 Å². The number of fused-ring (bicyclic) bond motifs is 2. The van der Waals surface area contributed by atoms with Crippen LogP contribution in [0.3, 0.4) is 0 Å². The highest BCUT2D eigenvalue weighted by Gasteiger charge is 2.37. The van der Waals surface area contributed by atoms with Crippen molar-refractivity contribution in [1.29, 1.82) is 0 Å². The smallest absolute Gasteiger partial charge is 0.223 e. The second kappa shape index (κ2) is 5.43. The number of hydrogen-bond acceptors (Lipinski definition) is 2. The Morgan fingerprint density at radius 2 is 1.79 bits per heavy atom. The summed E-state index contributed by atoms with van der Waals surface area (Å²) in [5.41, 5.74) is 0. The first kappa shape index (κ1) is 13.4. The van der Waals surface area contributed by atoms with E-state index < -0.39 is 0 Å². The molecule has 2 atom stereocenters. The van der Waals surface area contributed by atoms with Gasteiger partial charge in [-0.15, -0.1) is 0 Å². The van der Waals surface area contributed by atoms with Gasteiger partial charge in [0.1, 0.15) is 0 Å². The second-order valence-electron chi connectivity index (χ2n) is 7.35. The Bertz CT molecular complexity index is 326. The van der Waals surface area contributed by atoms with Crippen LogP contribution in [-0.4, -0.2) is 35.5 Å². The van der Waals surface area contributed by atoms with Gasteiger partial charge in [0.25, 0.3) is 0 Å². The molecule has 108 valence electrons. The fraction of sp³-hybridized carbons (Fsp3) is 0.938. The first-order valence-corrected chi connectivity index (χ1v) is 8.17. The summed E-state index contributed by atoms with van der Waals surface area (Å²) in [5.74, 6) is 1.66. The van der Waals surface area contributed by atoms with E-state index in [1.54, 1.807) is 0 Å². The molecule has 0 aromatic carbocycles. The molecule has 1 N–H and O–H groups in total. The van der Waals surface area contributed by atoms with Crippen LogP contribution in [0.2, 0.25) is 0 Å². The Hall–Kier alpha value is -0.570. The van der Waals surface area contributed by atoms with Crippen molar-refractivity contribution in [3.05, 3.63) is 0 Å². The number of carbonyl (C=O) groups excluding carboxylic acids is 1. The first-order valence-electron chi connectivity index (χ1n) is 8.17. The van der Waals surface area contributed by atoms with Crippen LogP contribution in [0.25, 0.3) is 0 Å². The number of nitrogens with zero attached hydrogens (tertiary/aromatic N) is 1. The second-order valence-corrected chi connectivity index (χ2v) is 7.35. The van der Waals surface area contributed by atoms with E-state index in [4.69, 9.17) is 0 Å². The van der Waals surface area contributed by atoms with Crippen molar-refractivity contribution in [3.8, 4) is 0 Å². The highest BCUT2D eigenvalue weighted by atomic mass is 16.2. The number of rotatable bonds is 5. The number of piperidine rings is 1. The Labute approximate surface area is 117 Å². The molecule has 2 saturated heterocycles. The molecule has 3 heteroatoms. The predicted octanol–water partition coefficient (Wildman–Crippen LogP) is 2.55. The number of amides is 1. The lowest BCUT2D eigenvalue weighted by Crippen LogP contribution is -2.41. The molecule has 2 heterocycles. The summed E-state index contributed by atoms with van der Waals surface area (Å²) >= 11 is 0. The van der Waals surface area contributed by atoms with E-state index in [9.17, 15) is 4.79 Å². The summed E-state index contributed by atoms with van der Waals surface area (Å²) in [7, 11) is 0. The molecule has 3 aliphatic rings. The van der Waals surface area contributed by atoms with Crippen molar-refractivity contribution in [3.63, 3.8) is 0 Å². The van der Waals surface area contributed by atoms with Crippen molar-refractivity contribution >= 4 is 5.91 Å². The average Bonchev–Trinajstić information content (AvgIpc) is 3.12. The van der Waals surface area contributed by atoms with Crippen LogP contribution < -0.4 is 5.32 Å². The fourth-order valence-electron chi connectivity index (χ4n) is 3.94. The van der Waals surface area contributed by atoms with Crippen LogP contribution in [0.5, 0.6) is 0 Å². The van der Waals surface area contributed by atoms with E-state index in [1.165, 1.54) is 38.5 Å². The summed E-state index contributed by atoms with van der Waals surface area (Å²) in [6.07, 6.45) is 8.37. The Morgan fingerprint density at radius 1 is 1.16 bits per heavy atom. The molecule has 0 aromatic rings. The minimum absolute atomic E-state index is 0.433. The minimum Gasteiger partial charge on any atom is -0.339 e. The Kier molecular flexibility index (Phi) is 3.84. The van der Waals surface area contributed by atoms with Crippen molar-refractivity contribution in [2.24, 2.45) is 11.8 Å². The predicted molar refractivity (Wildman–Crippen MR) is 76.9 cm³/mol. The number of hydrogen-bond donors (Lipinski definition) is 1. The Morgan fingerprint density at radius 3 is 2.32 bits per heavy atom. The third-order valence-electron chi connectivity index (χ3n) is 4.90. The molecule has 1 aliphatic carbocycles. The zero-order valence-corrected chi connectivity index (χ0v) is 12.4. The largest absolute Gasteiger partial charge is 0.339 e. The highest BCUT2D eigenvalue weighted by molar-refractivity contribution is 5.77. The molecule has 3 nitrogen and oxygen atoms in total. The van der Waals surface area contributed by atoms with E-state index in [0.29, 0.717) is 35.9 Å². The van der Waals surface area contributed by atoms with E-state index in [-0.39, 0.29) is 0 Å². The van der Waals surface area contributed by atoms with E-state index in [2.05, 4.69) is 24.1 Å². The summed E-state index contributed by atoms with van der Waals surface area (Å²) in [5, 5.41) is 3.67. The van der Waals surface area contributed by atoms with E-state index >= 15 is 0 Å². The van der Waals surface area contributed by atoms with Gasteiger partial charge < -0.3 is 10.2 Å². The Balaban J connectivity index is 1.54. The van der Waals surface area contributed by atoms with Gasteiger partial charge in [-0.1, -0.05) is 13.8 Å². The lowest BCUT2D eigenvalue weighted by molar-refractivity contribution is -0.133. The van der Waals surface area contributed by atoms with Crippen molar-refractivity contribution in [2.75, 3.05) is 6.54 Å². The van der Waals surface area contributed by atoms with Crippen LogP contribution in [0.1, 0.15) is 58.8 Å². The maximum absolute atomic E-state index is 12.6. The monoisotopic (exact) mass is 264 g/mol. The molecule has 3 rings (SSSR count). The third kappa shape index (κ3) is 3.31. The lowest BCUT2D eigenvalue weighted by atomic mass is 9.89. The summed E-state index contributed by atoms with van der Waals surface area (Å²) < 4.78 is 0. The van der Waals surface area contributed by atoms with Crippen LogP contribution in [0.15, 0.2) is 0 Å². The normalized spacial score (nSPS) is 33.7. The molecule has 2 bridgehead atoms. The minimum atomic E-state index is 0.433. The summed E-state index contributed by atoms with van der Waals surface area (Å²) in [6.45, 7) is 5.39. The van der Waals surface area contributed by atoms with Crippen molar-refractivity contribution < 1.29 is 4.79 Å². The van der Waals surface area contributed by atoms with Gasteiger partial charge >= 0.3 is 0 Å². The fourth-order valence-corrected chi connectivity index (χ4v) is 3.94. The van der Waals surface area contributed by atoms with Crippen LogP contribution in [0.4, 0.5) is 0 Å². The molecule has 0 aromatic heterocycles. The summed E-state index contributed by atoms with van der Waals surface area (Å²) in [4.78, 5) is 14.8. The van der Waals surface area contributed by atoms with Gasteiger partial charge in [-0.3, -0.25) is 4.79 Å². The molecule has 3 fully saturated rings. The van der Waals surface area contributed by atoms with Crippen LogP contribution in [-0.2, 0) is 4.79 Å². The quantitative estimate of drug-likeness (QED) is 0.827. The van der Waals surface area contributed by atoms with E-state index in [0.717, 1.165) is 13.0 Å². The zero-order valence-electron chi connectivity index (χ0n) is 12.4. The maximum atomic E-state index is 12.6. The van der Waals surface area contributed by atoms with Crippen molar-refractivity contribution in [2.45, 2.75) is 76.9 Å². The number of carbonyl (C=O) groups is 1.